The smallest absolute Gasteiger partial charge is 0.407 e. The van der Waals surface area contributed by atoms with Gasteiger partial charge in [0, 0.05) is 13.1 Å². The third-order valence-corrected chi connectivity index (χ3v) is 3.82. The Kier molecular flexibility index (Phi) is 7.82. The van der Waals surface area contributed by atoms with E-state index in [-0.39, 0.29) is 12.6 Å². The van der Waals surface area contributed by atoms with Crippen LogP contribution in [-0.2, 0) is 9.53 Å². The standard InChI is InChI=1S/C17H32N2O4/c1-13(7-9-18-16(22)23-17(2,3)4)8-10-19(12-15(20)21)11-14-5-6-14/h13-14H,5-12H2,1-4H3,(H,18,22)(H,20,21). The van der Waals surface area contributed by atoms with Gasteiger partial charge < -0.3 is 15.2 Å². The molecular weight excluding hydrogens is 296 g/mol. The van der Waals surface area contributed by atoms with Gasteiger partial charge in [-0.15, -0.1) is 0 Å². The van der Waals surface area contributed by atoms with E-state index in [1.807, 2.05) is 25.7 Å². The van der Waals surface area contributed by atoms with Gasteiger partial charge in [0.1, 0.15) is 5.60 Å². The molecule has 0 aromatic rings. The molecule has 0 heterocycles. The van der Waals surface area contributed by atoms with E-state index in [9.17, 15) is 9.59 Å². The number of carbonyl (C=O) groups is 2. The Morgan fingerprint density at radius 2 is 1.96 bits per heavy atom. The first kappa shape index (κ1) is 19.7. The molecule has 1 atom stereocenters. The lowest BCUT2D eigenvalue weighted by atomic mass is 10.0. The summed E-state index contributed by atoms with van der Waals surface area (Å²) in [5.74, 6) is 0.365. The quantitative estimate of drug-likeness (QED) is 0.644. The molecule has 1 aliphatic carbocycles. The van der Waals surface area contributed by atoms with Crippen LogP contribution < -0.4 is 5.32 Å². The van der Waals surface area contributed by atoms with Crippen LogP contribution in [0.25, 0.3) is 0 Å². The zero-order valence-corrected chi connectivity index (χ0v) is 14.9. The van der Waals surface area contributed by atoms with Gasteiger partial charge in [0.2, 0.25) is 0 Å². The molecular formula is C17H32N2O4. The number of rotatable bonds is 10. The van der Waals surface area contributed by atoms with Crippen molar-refractivity contribution in [2.45, 2.75) is 59.0 Å². The van der Waals surface area contributed by atoms with E-state index in [4.69, 9.17) is 9.84 Å². The highest BCUT2D eigenvalue weighted by atomic mass is 16.6. The highest BCUT2D eigenvalue weighted by Crippen LogP contribution is 2.29. The van der Waals surface area contributed by atoms with Crippen molar-refractivity contribution in [3.05, 3.63) is 0 Å². The van der Waals surface area contributed by atoms with Crippen LogP contribution >= 0.6 is 0 Å². The van der Waals surface area contributed by atoms with Gasteiger partial charge in [-0.05, 0) is 64.8 Å². The Labute approximate surface area is 139 Å². The minimum absolute atomic E-state index is 0.124. The molecule has 1 rings (SSSR count). The molecule has 1 aliphatic rings. The third kappa shape index (κ3) is 11.0. The van der Waals surface area contributed by atoms with Crippen LogP contribution in [0.4, 0.5) is 4.79 Å². The van der Waals surface area contributed by atoms with E-state index >= 15 is 0 Å². The molecule has 0 radical (unpaired) electrons. The molecule has 134 valence electrons. The molecule has 1 unspecified atom stereocenters. The fourth-order valence-corrected chi connectivity index (χ4v) is 2.37. The Morgan fingerprint density at radius 1 is 1.30 bits per heavy atom. The SMILES string of the molecule is CC(CCNC(=O)OC(C)(C)C)CCN(CC(=O)O)CC1CC1. The van der Waals surface area contributed by atoms with Gasteiger partial charge in [-0.25, -0.2) is 4.79 Å². The molecule has 0 aliphatic heterocycles. The van der Waals surface area contributed by atoms with E-state index in [2.05, 4.69) is 12.2 Å². The van der Waals surface area contributed by atoms with Crippen molar-refractivity contribution in [3.63, 3.8) is 0 Å². The highest BCUT2D eigenvalue weighted by molar-refractivity contribution is 5.69. The van der Waals surface area contributed by atoms with E-state index < -0.39 is 11.6 Å². The lowest BCUT2D eigenvalue weighted by Crippen LogP contribution is -2.34. The first-order valence-corrected chi connectivity index (χ1v) is 8.56. The van der Waals surface area contributed by atoms with Crippen molar-refractivity contribution in [1.29, 1.82) is 0 Å². The zero-order valence-electron chi connectivity index (χ0n) is 14.9. The summed E-state index contributed by atoms with van der Waals surface area (Å²) in [5.41, 5.74) is -0.476. The molecule has 6 heteroatoms. The average molecular weight is 328 g/mol. The predicted molar refractivity (Wildman–Crippen MR) is 89.4 cm³/mol. The molecule has 1 amide bonds. The van der Waals surface area contributed by atoms with Crippen LogP contribution in [0.15, 0.2) is 0 Å². The van der Waals surface area contributed by atoms with Crippen molar-refractivity contribution in [2.75, 3.05) is 26.2 Å². The molecule has 1 fully saturated rings. The predicted octanol–water partition coefficient (Wildman–Crippen LogP) is 2.72. The number of ether oxygens (including phenoxy) is 1. The van der Waals surface area contributed by atoms with Crippen LogP contribution in [0, 0.1) is 11.8 Å². The van der Waals surface area contributed by atoms with Crippen molar-refractivity contribution in [3.8, 4) is 0 Å². The number of aliphatic carboxylic acids is 1. The lowest BCUT2D eigenvalue weighted by molar-refractivity contribution is -0.138. The van der Waals surface area contributed by atoms with E-state index in [0.717, 1.165) is 25.9 Å². The number of carboxylic acid groups (broad SMARTS) is 1. The van der Waals surface area contributed by atoms with E-state index in [0.29, 0.717) is 18.4 Å². The van der Waals surface area contributed by atoms with Crippen LogP contribution in [0.3, 0.4) is 0 Å². The number of hydrogen-bond acceptors (Lipinski definition) is 4. The molecule has 2 N–H and O–H groups in total. The molecule has 6 nitrogen and oxygen atoms in total. The van der Waals surface area contributed by atoms with Gasteiger partial charge in [0.25, 0.3) is 0 Å². The fourth-order valence-electron chi connectivity index (χ4n) is 2.37. The summed E-state index contributed by atoms with van der Waals surface area (Å²) >= 11 is 0. The maximum Gasteiger partial charge on any atom is 0.407 e. The first-order valence-electron chi connectivity index (χ1n) is 8.56. The summed E-state index contributed by atoms with van der Waals surface area (Å²) in [6.07, 6.45) is 3.88. The van der Waals surface area contributed by atoms with Gasteiger partial charge in [-0.2, -0.15) is 0 Å². The molecule has 0 saturated heterocycles. The monoisotopic (exact) mass is 328 g/mol. The van der Waals surface area contributed by atoms with Crippen LogP contribution in [-0.4, -0.2) is 53.8 Å². The van der Waals surface area contributed by atoms with Crippen LogP contribution in [0.1, 0.15) is 53.4 Å². The number of amides is 1. The average Bonchev–Trinajstić information content (AvgIpc) is 3.17. The largest absolute Gasteiger partial charge is 0.480 e. The second-order valence-corrected chi connectivity index (χ2v) is 7.68. The Balaban J connectivity index is 2.17. The van der Waals surface area contributed by atoms with Crippen LogP contribution in [0.5, 0.6) is 0 Å². The van der Waals surface area contributed by atoms with Crippen molar-refractivity contribution >= 4 is 12.1 Å². The minimum atomic E-state index is -0.759. The van der Waals surface area contributed by atoms with Gasteiger partial charge in [0.15, 0.2) is 0 Å². The minimum Gasteiger partial charge on any atom is -0.480 e. The molecule has 0 aromatic carbocycles. The molecule has 0 spiro atoms. The Morgan fingerprint density at radius 3 is 2.48 bits per heavy atom. The first-order chi connectivity index (χ1) is 10.7. The second kappa shape index (κ2) is 9.11. The number of nitrogens with one attached hydrogen (secondary N) is 1. The lowest BCUT2D eigenvalue weighted by Gasteiger charge is -2.22. The van der Waals surface area contributed by atoms with E-state index in [1.165, 1.54) is 12.8 Å². The van der Waals surface area contributed by atoms with Gasteiger partial charge in [-0.3, -0.25) is 9.69 Å². The number of alkyl carbamates (subject to hydrolysis) is 1. The van der Waals surface area contributed by atoms with E-state index in [1.54, 1.807) is 0 Å². The molecule has 23 heavy (non-hydrogen) atoms. The van der Waals surface area contributed by atoms with Gasteiger partial charge >= 0.3 is 12.1 Å². The van der Waals surface area contributed by atoms with Crippen molar-refractivity contribution < 1.29 is 19.4 Å². The van der Waals surface area contributed by atoms with Gasteiger partial charge in [-0.1, -0.05) is 6.92 Å². The number of carbonyl (C=O) groups excluding carboxylic acids is 1. The highest BCUT2D eigenvalue weighted by Gasteiger charge is 2.25. The Hall–Kier alpha value is -1.30. The zero-order chi connectivity index (χ0) is 17.5. The summed E-state index contributed by atoms with van der Waals surface area (Å²) in [5, 5.41) is 11.7. The second-order valence-electron chi connectivity index (χ2n) is 7.68. The summed E-state index contributed by atoms with van der Waals surface area (Å²) in [7, 11) is 0. The fraction of sp³-hybridized carbons (Fsp3) is 0.882. The maximum atomic E-state index is 11.5. The molecule has 0 bridgehead atoms. The van der Waals surface area contributed by atoms with Gasteiger partial charge in [0.05, 0.1) is 6.54 Å². The molecule has 0 aromatic heterocycles. The third-order valence-electron chi connectivity index (χ3n) is 3.82. The molecule has 1 saturated carbocycles. The summed E-state index contributed by atoms with van der Waals surface area (Å²) in [6, 6.07) is 0. The van der Waals surface area contributed by atoms with Crippen molar-refractivity contribution in [2.24, 2.45) is 11.8 Å². The Bertz CT molecular complexity index is 389. The summed E-state index contributed by atoms with van der Waals surface area (Å²) < 4.78 is 5.19. The normalized spacial score (nSPS) is 16.2. The topological polar surface area (TPSA) is 78.9 Å². The summed E-state index contributed by atoms with van der Waals surface area (Å²) in [6.45, 7) is 10.1. The van der Waals surface area contributed by atoms with Crippen molar-refractivity contribution in [1.82, 2.24) is 10.2 Å². The number of hydrogen-bond donors (Lipinski definition) is 2. The number of nitrogens with zero attached hydrogens (tertiary/aromatic N) is 1. The maximum absolute atomic E-state index is 11.5. The summed E-state index contributed by atoms with van der Waals surface area (Å²) in [4.78, 5) is 24.5. The van der Waals surface area contributed by atoms with Crippen LogP contribution in [0.2, 0.25) is 0 Å². The number of carboxylic acids is 1.